The van der Waals surface area contributed by atoms with E-state index in [1.807, 2.05) is 0 Å². The molecule has 0 aliphatic carbocycles. The van der Waals surface area contributed by atoms with Gasteiger partial charge in [0.2, 0.25) is 0 Å². The molecule has 0 saturated heterocycles. The van der Waals surface area contributed by atoms with Gasteiger partial charge in [-0.3, -0.25) is 9.59 Å². The van der Waals surface area contributed by atoms with Gasteiger partial charge in [0, 0.05) is 19.4 Å². The molecule has 0 spiro atoms. The minimum Gasteiger partial charge on any atom is -0.462 e. The first-order valence-corrected chi connectivity index (χ1v) is 27.9. The lowest BCUT2D eigenvalue weighted by atomic mass is 10.0. The maximum absolute atomic E-state index is 12.8. The predicted octanol–water partition coefficient (Wildman–Crippen LogP) is 18.8. The second-order valence-electron chi connectivity index (χ2n) is 18.9. The highest BCUT2D eigenvalue weighted by molar-refractivity contribution is 5.70. The van der Waals surface area contributed by atoms with Crippen LogP contribution in [0.3, 0.4) is 0 Å². The summed E-state index contributed by atoms with van der Waals surface area (Å²) < 4.78 is 17.5. The van der Waals surface area contributed by atoms with E-state index >= 15 is 0 Å². The van der Waals surface area contributed by atoms with Crippen LogP contribution in [-0.4, -0.2) is 37.9 Å². The van der Waals surface area contributed by atoms with E-state index in [2.05, 4.69) is 45.1 Å². The molecular formula is C57H108O5. The van der Waals surface area contributed by atoms with Crippen molar-refractivity contribution < 1.29 is 23.8 Å². The van der Waals surface area contributed by atoms with E-state index in [-0.39, 0.29) is 18.5 Å². The molecule has 0 aliphatic rings. The van der Waals surface area contributed by atoms with Gasteiger partial charge in [-0.15, -0.1) is 0 Å². The average molecular weight is 873 g/mol. The molecule has 1 atom stereocenters. The van der Waals surface area contributed by atoms with Crippen LogP contribution in [0.15, 0.2) is 24.3 Å². The Kier molecular flexibility index (Phi) is 52.3. The molecule has 366 valence electrons. The third-order valence-corrected chi connectivity index (χ3v) is 12.5. The number of esters is 2. The molecule has 5 nitrogen and oxygen atoms in total. The second-order valence-corrected chi connectivity index (χ2v) is 18.9. The van der Waals surface area contributed by atoms with Crippen molar-refractivity contribution in [3.8, 4) is 0 Å². The van der Waals surface area contributed by atoms with Crippen molar-refractivity contribution in [3.63, 3.8) is 0 Å². The SMILES string of the molecule is CCCCC/C=C\C/C=C\CCCCCCCCCCOCC(COC(=O)CCCCCCCCCCCCCCCCC)OC(=O)CCCCCCCCCCCCCCC. The highest BCUT2D eigenvalue weighted by Crippen LogP contribution is 2.16. The Labute approximate surface area is 387 Å². The summed E-state index contributed by atoms with van der Waals surface area (Å²) in [6.07, 6.45) is 63.3. The van der Waals surface area contributed by atoms with Crippen LogP contribution in [0.4, 0.5) is 0 Å². The molecule has 0 rings (SSSR count). The minimum atomic E-state index is -0.531. The molecule has 0 aromatic heterocycles. The number of unbranched alkanes of at least 4 members (excludes halogenated alkanes) is 37. The summed E-state index contributed by atoms with van der Waals surface area (Å²) in [5.41, 5.74) is 0. The monoisotopic (exact) mass is 873 g/mol. The van der Waals surface area contributed by atoms with Crippen LogP contribution in [-0.2, 0) is 23.8 Å². The quantitative estimate of drug-likeness (QED) is 0.0346. The average Bonchev–Trinajstić information content (AvgIpc) is 3.27. The lowest BCUT2D eigenvalue weighted by molar-refractivity contribution is -0.163. The summed E-state index contributed by atoms with van der Waals surface area (Å²) in [5, 5.41) is 0. The Morgan fingerprint density at radius 1 is 0.355 bits per heavy atom. The molecule has 0 bridgehead atoms. The topological polar surface area (TPSA) is 61.8 Å². The van der Waals surface area contributed by atoms with Gasteiger partial charge < -0.3 is 14.2 Å². The molecule has 0 radical (unpaired) electrons. The summed E-state index contributed by atoms with van der Waals surface area (Å²) in [6.45, 7) is 7.85. The molecule has 0 aromatic carbocycles. The van der Waals surface area contributed by atoms with Crippen molar-refractivity contribution in [2.45, 2.75) is 309 Å². The van der Waals surface area contributed by atoms with Gasteiger partial charge in [-0.25, -0.2) is 0 Å². The Hall–Kier alpha value is -1.62. The molecule has 0 aromatic rings. The Morgan fingerprint density at radius 3 is 1.10 bits per heavy atom. The number of hydrogen-bond donors (Lipinski definition) is 0. The van der Waals surface area contributed by atoms with Gasteiger partial charge >= 0.3 is 11.9 Å². The lowest BCUT2D eigenvalue weighted by Gasteiger charge is -2.18. The predicted molar refractivity (Wildman–Crippen MR) is 270 cm³/mol. The zero-order valence-corrected chi connectivity index (χ0v) is 42.2. The second kappa shape index (κ2) is 53.7. The summed E-state index contributed by atoms with van der Waals surface area (Å²) in [7, 11) is 0. The number of carbonyl (C=O) groups excluding carboxylic acids is 2. The summed E-state index contributed by atoms with van der Waals surface area (Å²) in [4.78, 5) is 25.4. The standard InChI is InChI=1S/C57H108O5/c1-4-7-10-13-16-19-22-25-27-28-29-31-34-37-40-43-46-49-52-60-53-55(62-57(59)51-48-45-42-39-36-32-24-21-18-15-12-9-6-3)54-61-56(58)50-47-44-41-38-35-33-30-26-23-20-17-14-11-8-5-2/h16,19,25,27,55H,4-15,17-18,20-24,26,28-54H2,1-3H3/b19-16-,27-25-. The number of ether oxygens (including phenoxy) is 3. The van der Waals surface area contributed by atoms with E-state index in [4.69, 9.17) is 14.2 Å². The maximum Gasteiger partial charge on any atom is 0.306 e. The van der Waals surface area contributed by atoms with E-state index in [0.717, 1.165) is 44.9 Å². The van der Waals surface area contributed by atoms with Crippen molar-refractivity contribution in [3.05, 3.63) is 24.3 Å². The molecular weight excluding hydrogens is 765 g/mol. The zero-order valence-electron chi connectivity index (χ0n) is 42.2. The van der Waals surface area contributed by atoms with Crippen LogP contribution in [0.25, 0.3) is 0 Å². The van der Waals surface area contributed by atoms with Gasteiger partial charge in [0.25, 0.3) is 0 Å². The first kappa shape index (κ1) is 60.4. The van der Waals surface area contributed by atoms with Crippen molar-refractivity contribution in [1.29, 1.82) is 0 Å². The van der Waals surface area contributed by atoms with Gasteiger partial charge in [0.05, 0.1) is 6.61 Å². The summed E-state index contributed by atoms with van der Waals surface area (Å²) in [5.74, 6) is -0.379. The zero-order chi connectivity index (χ0) is 44.9. The summed E-state index contributed by atoms with van der Waals surface area (Å²) >= 11 is 0. The van der Waals surface area contributed by atoms with Gasteiger partial charge in [0.1, 0.15) is 6.61 Å². The van der Waals surface area contributed by atoms with Crippen LogP contribution < -0.4 is 0 Å². The Bertz CT molecular complexity index is 943. The van der Waals surface area contributed by atoms with Crippen molar-refractivity contribution in [2.75, 3.05) is 19.8 Å². The Balaban J connectivity index is 4.21. The molecule has 0 amide bonds. The van der Waals surface area contributed by atoms with Gasteiger partial charge in [-0.05, 0) is 51.4 Å². The number of hydrogen-bond acceptors (Lipinski definition) is 5. The molecule has 62 heavy (non-hydrogen) atoms. The highest BCUT2D eigenvalue weighted by atomic mass is 16.6. The van der Waals surface area contributed by atoms with Crippen molar-refractivity contribution in [1.82, 2.24) is 0 Å². The first-order chi connectivity index (χ1) is 30.6. The third-order valence-electron chi connectivity index (χ3n) is 12.5. The fraction of sp³-hybridized carbons (Fsp3) is 0.895. The number of allylic oxidation sites excluding steroid dienone is 4. The maximum atomic E-state index is 12.8. The van der Waals surface area contributed by atoms with Gasteiger partial charge in [-0.2, -0.15) is 0 Å². The number of rotatable bonds is 52. The van der Waals surface area contributed by atoms with Crippen molar-refractivity contribution in [2.24, 2.45) is 0 Å². The molecule has 0 N–H and O–H groups in total. The summed E-state index contributed by atoms with van der Waals surface area (Å²) in [6, 6.07) is 0. The largest absolute Gasteiger partial charge is 0.462 e. The third kappa shape index (κ3) is 51.0. The molecule has 0 aliphatic heterocycles. The molecule has 0 saturated carbocycles. The molecule has 1 unspecified atom stereocenters. The fourth-order valence-electron chi connectivity index (χ4n) is 8.31. The Morgan fingerprint density at radius 2 is 0.677 bits per heavy atom. The molecule has 5 heteroatoms. The van der Waals surface area contributed by atoms with E-state index < -0.39 is 6.10 Å². The fourth-order valence-corrected chi connectivity index (χ4v) is 8.31. The van der Waals surface area contributed by atoms with E-state index in [1.165, 1.54) is 225 Å². The van der Waals surface area contributed by atoms with Gasteiger partial charge in [0.15, 0.2) is 6.10 Å². The van der Waals surface area contributed by atoms with Crippen molar-refractivity contribution >= 4 is 11.9 Å². The molecule has 0 fully saturated rings. The minimum absolute atomic E-state index is 0.0912. The van der Waals surface area contributed by atoms with E-state index in [9.17, 15) is 9.59 Å². The first-order valence-electron chi connectivity index (χ1n) is 27.9. The van der Waals surface area contributed by atoms with E-state index in [1.54, 1.807) is 0 Å². The van der Waals surface area contributed by atoms with Crippen LogP contribution >= 0.6 is 0 Å². The highest BCUT2D eigenvalue weighted by Gasteiger charge is 2.17. The van der Waals surface area contributed by atoms with E-state index in [0.29, 0.717) is 26.1 Å². The van der Waals surface area contributed by atoms with Crippen LogP contribution in [0.2, 0.25) is 0 Å². The van der Waals surface area contributed by atoms with Gasteiger partial charge in [-0.1, -0.05) is 263 Å². The smallest absolute Gasteiger partial charge is 0.306 e. The molecule has 0 heterocycles. The number of carbonyl (C=O) groups is 2. The lowest BCUT2D eigenvalue weighted by Crippen LogP contribution is -2.30. The van der Waals surface area contributed by atoms with Crippen LogP contribution in [0.5, 0.6) is 0 Å². The normalized spacial score (nSPS) is 12.2. The van der Waals surface area contributed by atoms with Crippen LogP contribution in [0.1, 0.15) is 303 Å². The van der Waals surface area contributed by atoms with Crippen LogP contribution in [0, 0.1) is 0 Å².